The van der Waals surface area contributed by atoms with Crippen molar-refractivity contribution in [3.8, 4) is 0 Å². The van der Waals surface area contributed by atoms with Gasteiger partial charge in [-0.15, -0.1) is 11.3 Å². The molecule has 1 aliphatic heterocycles. The Balaban J connectivity index is 2.15. The maximum absolute atomic E-state index is 5.01. The van der Waals surface area contributed by atoms with E-state index in [-0.39, 0.29) is 5.41 Å². The van der Waals surface area contributed by atoms with Crippen LogP contribution in [0.1, 0.15) is 64.5 Å². The fourth-order valence-corrected chi connectivity index (χ4v) is 4.24. The molecule has 3 nitrogen and oxygen atoms in total. The second-order valence-corrected chi connectivity index (χ2v) is 8.20. The molecule has 0 aliphatic carbocycles. The summed E-state index contributed by atoms with van der Waals surface area (Å²) in [5.41, 5.74) is 1.40. The number of rotatable bonds is 5. The Morgan fingerprint density at radius 2 is 1.90 bits per heavy atom. The van der Waals surface area contributed by atoms with Crippen molar-refractivity contribution >= 4 is 16.5 Å². The zero-order chi connectivity index (χ0) is 15.5. The second-order valence-electron chi connectivity index (χ2n) is 7.14. The summed E-state index contributed by atoms with van der Waals surface area (Å²) in [5.74, 6) is 0.921. The third kappa shape index (κ3) is 4.19. The first-order valence-electron chi connectivity index (χ1n) is 8.41. The van der Waals surface area contributed by atoms with E-state index in [9.17, 15) is 0 Å². The minimum absolute atomic E-state index is 0.126. The lowest BCUT2D eigenvalue weighted by Crippen LogP contribution is -2.33. The van der Waals surface area contributed by atoms with Crippen LogP contribution in [0, 0.1) is 5.92 Å². The van der Waals surface area contributed by atoms with Gasteiger partial charge in [0, 0.05) is 29.9 Å². The highest BCUT2D eigenvalue weighted by atomic mass is 32.1. The number of nitrogens with zero attached hydrogens (tertiary/aromatic N) is 2. The third-order valence-electron chi connectivity index (χ3n) is 4.39. The average molecular weight is 310 g/mol. The van der Waals surface area contributed by atoms with E-state index < -0.39 is 0 Å². The molecule has 0 unspecified atom stereocenters. The van der Waals surface area contributed by atoms with E-state index in [0.29, 0.717) is 0 Å². The van der Waals surface area contributed by atoms with Crippen LogP contribution in [0.3, 0.4) is 0 Å². The monoisotopic (exact) mass is 309 g/mol. The molecule has 1 aliphatic rings. The lowest BCUT2D eigenvalue weighted by molar-refractivity contribution is 0.394. The molecule has 0 aromatic carbocycles. The van der Waals surface area contributed by atoms with Gasteiger partial charge in [-0.1, -0.05) is 41.0 Å². The molecule has 0 saturated carbocycles. The van der Waals surface area contributed by atoms with Crippen molar-refractivity contribution in [2.24, 2.45) is 5.92 Å². The second kappa shape index (κ2) is 7.10. The molecular weight excluding hydrogens is 278 g/mol. The van der Waals surface area contributed by atoms with Gasteiger partial charge in [0.1, 0.15) is 0 Å². The van der Waals surface area contributed by atoms with Crippen LogP contribution in [0.15, 0.2) is 0 Å². The smallest absolute Gasteiger partial charge is 0.185 e. The maximum Gasteiger partial charge on any atom is 0.185 e. The zero-order valence-electron chi connectivity index (χ0n) is 14.3. The third-order valence-corrected chi connectivity index (χ3v) is 5.51. The molecule has 1 fully saturated rings. The Kier molecular flexibility index (Phi) is 5.67. The van der Waals surface area contributed by atoms with Crippen molar-refractivity contribution in [3.05, 3.63) is 10.6 Å². The first kappa shape index (κ1) is 16.8. The number of anilines is 1. The van der Waals surface area contributed by atoms with Gasteiger partial charge < -0.3 is 10.2 Å². The zero-order valence-corrected chi connectivity index (χ0v) is 15.1. The molecule has 1 aromatic heterocycles. The Morgan fingerprint density at radius 3 is 2.43 bits per heavy atom. The molecule has 0 amide bonds. The van der Waals surface area contributed by atoms with Crippen molar-refractivity contribution in [2.45, 2.75) is 65.8 Å². The lowest BCUT2D eigenvalue weighted by atomic mass is 9.91. The summed E-state index contributed by atoms with van der Waals surface area (Å²) in [6, 6.07) is 0. The normalized spacial score (nSPS) is 17.5. The van der Waals surface area contributed by atoms with Gasteiger partial charge in [0.2, 0.25) is 0 Å². The van der Waals surface area contributed by atoms with Crippen molar-refractivity contribution in [3.63, 3.8) is 0 Å². The minimum atomic E-state index is 0.126. The van der Waals surface area contributed by atoms with Crippen LogP contribution in [-0.2, 0) is 12.0 Å². The predicted molar refractivity (Wildman–Crippen MR) is 93.4 cm³/mol. The fourth-order valence-electron chi connectivity index (χ4n) is 2.95. The maximum atomic E-state index is 5.01. The molecule has 120 valence electrons. The van der Waals surface area contributed by atoms with E-state index in [2.05, 4.69) is 44.8 Å². The lowest BCUT2D eigenvalue weighted by Gasteiger charge is -2.31. The van der Waals surface area contributed by atoms with Gasteiger partial charge in [-0.3, -0.25) is 0 Å². The van der Waals surface area contributed by atoms with Crippen LogP contribution in [-0.4, -0.2) is 24.6 Å². The first-order valence-corrected chi connectivity index (χ1v) is 9.23. The van der Waals surface area contributed by atoms with Crippen LogP contribution in [0.25, 0.3) is 0 Å². The molecule has 1 saturated heterocycles. The van der Waals surface area contributed by atoms with Crippen molar-refractivity contribution in [2.75, 3.05) is 24.5 Å². The summed E-state index contributed by atoms with van der Waals surface area (Å²) in [7, 11) is 0. The van der Waals surface area contributed by atoms with E-state index in [1.54, 1.807) is 0 Å². The molecule has 0 bridgehead atoms. The highest BCUT2D eigenvalue weighted by Gasteiger charge is 2.26. The number of thiazole rings is 1. The topological polar surface area (TPSA) is 28.2 Å². The van der Waals surface area contributed by atoms with E-state index in [1.807, 2.05) is 11.3 Å². The Bertz CT molecular complexity index is 439. The van der Waals surface area contributed by atoms with Crippen LogP contribution < -0.4 is 10.2 Å². The van der Waals surface area contributed by atoms with E-state index in [4.69, 9.17) is 4.98 Å². The molecule has 2 rings (SSSR count). The quantitative estimate of drug-likeness (QED) is 0.884. The molecule has 21 heavy (non-hydrogen) atoms. The molecular formula is C17H31N3S. The number of aromatic nitrogens is 1. The Morgan fingerprint density at radius 1 is 1.24 bits per heavy atom. The Labute approximate surface area is 134 Å². The molecule has 1 aromatic rings. The van der Waals surface area contributed by atoms with Gasteiger partial charge in [-0.05, 0) is 25.3 Å². The standard InChI is InChI=1S/C17H31N3S/c1-6-13-8-10-20(11-9-13)16-19-15(17(3,4)5)14(21-16)12-18-7-2/h13,18H,6-12H2,1-5H3. The first-order chi connectivity index (χ1) is 9.95. The highest BCUT2D eigenvalue weighted by Crippen LogP contribution is 2.35. The summed E-state index contributed by atoms with van der Waals surface area (Å²) < 4.78 is 0. The van der Waals surface area contributed by atoms with E-state index >= 15 is 0 Å². The van der Waals surface area contributed by atoms with Crippen LogP contribution >= 0.6 is 11.3 Å². The van der Waals surface area contributed by atoms with Gasteiger partial charge in [0.25, 0.3) is 0 Å². The number of hydrogen-bond acceptors (Lipinski definition) is 4. The SMILES string of the molecule is CCNCc1sc(N2CCC(CC)CC2)nc1C(C)(C)C. The summed E-state index contributed by atoms with van der Waals surface area (Å²) in [6.07, 6.45) is 3.97. The van der Waals surface area contributed by atoms with Crippen molar-refractivity contribution in [1.29, 1.82) is 0 Å². The number of piperidine rings is 1. The highest BCUT2D eigenvalue weighted by molar-refractivity contribution is 7.15. The van der Waals surface area contributed by atoms with Crippen molar-refractivity contribution < 1.29 is 0 Å². The van der Waals surface area contributed by atoms with Crippen LogP contribution in [0.4, 0.5) is 5.13 Å². The average Bonchev–Trinajstić information content (AvgIpc) is 2.89. The largest absolute Gasteiger partial charge is 0.348 e. The van der Waals surface area contributed by atoms with Crippen molar-refractivity contribution in [1.82, 2.24) is 10.3 Å². The summed E-state index contributed by atoms with van der Waals surface area (Å²) >= 11 is 1.89. The molecule has 1 N–H and O–H groups in total. The van der Waals surface area contributed by atoms with Gasteiger partial charge in [0.15, 0.2) is 5.13 Å². The van der Waals surface area contributed by atoms with E-state index in [0.717, 1.165) is 19.0 Å². The molecule has 0 spiro atoms. The number of hydrogen-bond donors (Lipinski definition) is 1. The van der Waals surface area contributed by atoms with Gasteiger partial charge >= 0.3 is 0 Å². The number of nitrogens with one attached hydrogen (secondary N) is 1. The molecule has 0 radical (unpaired) electrons. The van der Waals surface area contributed by atoms with Crippen LogP contribution in [0.5, 0.6) is 0 Å². The fraction of sp³-hybridized carbons (Fsp3) is 0.824. The van der Waals surface area contributed by atoms with Gasteiger partial charge in [-0.25, -0.2) is 4.98 Å². The summed E-state index contributed by atoms with van der Waals surface area (Å²) in [6.45, 7) is 15.6. The molecule has 0 atom stereocenters. The summed E-state index contributed by atoms with van der Waals surface area (Å²) in [4.78, 5) is 8.93. The molecule has 4 heteroatoms. The van der Waals surface area contributed by atoms with Crippen LogP contribution in [0.2, 0.25) is 0 Å². The summed E-state index contributed by atoms with van der Waals surface area (Å²) in [5, 5.41) is 4.70. The van der Waals surface area contributed by atoms with Gasteiger partial charge in [-0.2, -0.15) is 0 Å². The van der Waals surface area contributed by atoms with Gasteiger partial charge in [0.05, 0.1) is 5.69 Å². The minimum Gasteiger partial charge on any atom is -0.348 e. The predicted octanol–water partition coefficient (Wildman–Crippen LogP) is 4.18. The Hall–Kier alpha value is -0.610. The van der Waals surface area contributed by atoms with E-state index in [1.165, 1.54) is 48.1 Å². The molecule has 2 heterocycles.